The van der Waals surface area contributed by atoms with Gasteiger partial charge in [0.05, 0.1) is 0 Å². The van der Waals surface area contributed by atoms with E-state index in [1.54, 1.807) is 12.1 Å². The molecule has 0 saturated heterocycles. The molecule has 106 valence electrons. The van der Waals surface area contributed by atoms with Gasteiger partial charge in [-0.3, -0.25) is 4.79 Å². The van der Waals surface area contributed by atoms with Gasteiger partial charge >= 0.3 is 0 Å². The monoisotopic (exact) mass is 265 g/mol. The highest BCUT2D eigenvalue weighted by Gasteiger charge is 2.23. The Morgan fingerprint density at radius 1 is 1.37 bits per heavy atom. The number of carbonyl (C=O) groups is 1. The molecular weight excluding hydrogens is 242 g/mol. The Kier molecular flexibility index (Phi) is 5.83. The van der Waals surface area contributed by atoms with Crippen LogP contribution in [0.4, 0.5) is 0 Å². The van der Waals surface area contributed by atoms with Gasteiger partial charge < -0.3 is 15.5 Å². The lowest BCUT2D eigenvalue weighted by atomic mass is 9.94. The molecule has 4 nitrogen and oxygen atoms in total. The molecule has 0 fully saturated rings. The van der Waals surface area contributed by atoms with E-state index in [-0.39, 0.29) is 23.8 Å². The zero-order chi connectivity index (χ0) is 14.3. The van der Waals surface area contributed by atoms with Gasteiger partial charge in [-0.1, -0.05) is 25.1 Å². The number of aliphatic hydroxyl groups is 1. The average Bonchev–Trinajstić information content (AvgIpc) is 2.38. The van der Waals surface area contributed by atoms with Crippen LogP contribution in [-0.2, 0) is 11.2 Å². The molecule has 0 spiro atoms. The Labute approximate surface area is 114 Å². The number of benzene rings is 1. The molecule has 0 aliphatic rings. The molecule has 0 aliphatic heterocycles. The summed E-state index contributed by atoms with van der Waals surface area (Å²) in [5.74, 6) is 0.171. The van der Waals surface area contributed by atoms with E-state index in [2.05, 4.69) is 5.32 Å². The number of amides is 1. The van der Waals surface area contributed by atoms with Crippen LogP contribution in [0, 0.1) is 0 Å². The van der Waals surface area contributed by atoms with Gasteiger partial charge in [0.2, 0.25) is 5.91 Å². The molecule has 1 aromatic carbocycles. The summed E-state index contributed by atoms with van der Waals surface area (Å²) in [6, 6.07) is 7.04. The van der Waals surface area contributed by atoms with E-state index < -0.39 is 0 Å². The predicted molar refractivity (Wildman–Crippen MR) is 75.0 cm³/mol. The van der Waals surface area contributed by atoms with Gasteiger partial charge in [0, 0.05) is 18.6 Å². The molecule has 3 N–H and O–H groups in total. The van der Waals surface area contributed by atoms with Crippen molar-refractivity contribution < 1.29 is 15.0 Å². The quantitative estimate of drug-likeness (QED) is 0.706. The third kappa shape index (κ3) is 4.91. The molecule has 0 aliphatic carbocycles. The molecule has 1 amide bonds. The molecule has 0 saturated carbocycles. The second-order valence-corrected chi connectivity index (χ2v) is 5.06. The maximum Gasteiger partial charge on any atom is 0.220 e. The third-order valence-electron chi connectivity index (χ3n) is 3.50. The largest absolute Gasteiger partial charge is 0.508 e. The molecule has 1 aromatic rings. The van der Waals surface area contributed by atoms with Crippen LogP contribution in [0.5, 0.6) is 5.75 Å². The Balaban J connectivity index is 2.50. The normalized spacial score (nSPS) is 13.8. The fourth-order valence-electron chi connectivity index (χ4n) is 1.94. The number of aliphatic hydroxyl groups excluding tert-OH is 1. The lowest BCUT2D eigenvalue weighted by Crippen LogP contribution is -2.46. The summed E-state index contributed by atoms with van der Waals surface area (Å²) in [6.07, 6.45) is 2.16. The van der Waals surface area contributed by atoms with E-state index in [4.69, 9.17) is 5.11 Å². The van der Waals surface area contributed by atoms with Gasteiger partial charge in [-0.05, 0) is 37.8 Å². The summed E-state index contributed by atoms with van der Waals surface area (Å²) in [6.45, 7) is 3.98. The maximum atomic E-state index is 11.9. The van der Waals surface area contributed by atoms with Crippen molar-refractivity contribution in [3.05, 3.63) is 29.8 Å². The molecule has 0 aromatic heterocycles. The summed E-state index contributed by atoms with van der Waals surface area (Å²) < 4.78 is 0. The van der Waals surface area contributed by atoms with Gasteiger partial charge in [-0.15, -0.1) is 0 Å². The first-order chi connectivity index (χ1) is 9.00. The van der Waals surface area contributed by atoms with E-state index in [1.807, 2.05) is 26.0 Å². The molecule has 1 atom stereocenters. The first kappa shape index (κ1) is 15.5. The lowest BCUT2D eigenvalue weighted by molar-refractivity contribution is -0.123. The van der Waals surface area contributed by atoms with Crippen LogP contribution in [0.3, 0.4) is 0 Å². The number of nitrogens with one attached hydrogen (secondary N) is 1. The fraction of sp³-hybridized carbons (Fsp3) is 0.533. The Morgan fingerprint density at radius 2 is 2.05 bits per heavy atom. The zero-order valence-corrected chi connectivity index (χ0v) is 11.6. The van der Waals surface area contributed by atoms with E-state index in [0.29, 0.717) is 19.3 Å². The number of phenols is 1. The number of phenolic OH excluding ortho intramolecular Hbond substituents is 1. The van der Waals surface area contributed by atoms with E-state index in [9.17, 15) is 9.90 Å². The van der Waals surface area contributed by atoms with Crippen molar-refractivity contribution in [2.45, 2.75) is 45.1 Å². The topological polar surface area (TPSA) is 69.6 Å². The number of hydrogen-bond acceptors (Lipinski definition) is 3. The number of para-hydroxylation sites is 1. The maximum absolute atomic E-state index is 11.9. The Morgan fingerprint density at radius 3 is 2.63 bits per heavy atom. The molecule has 4 heteroatoms. The summed E-state index contributed by atoms with van der Waals surface area (Å²) in [4.78, 5) is 11.9. The van der Waals surface area contributed by atoms with E-state index in [0.717, 1.165) is 12.0 Å². The van der Waals surface area contributed by atoms with Crippen LogP contribution in [0.15, 0.2) is 24.3 Å². The summed E-state index contributed by atoms with van der Waals surface area (Å²) in [7, 11) is 0. The molecule has 0 heterocycles. The van der Waals surface area contributed by atoms with Crippen LogP contribution in [0.2, 0.25) is 0 Å². The predicted octanol–water partition coefficient (Wildman–Crippen LogP) is 1.99. The minimum Gasteiger partial charge on any atom is -0.508 e. The van der Waals surface area contributed by atoms with E-state index >= 15 is 0 Å². The summed E-state index contributed by atoms with van der Waals surface area (Å²) >= 11 is 0. The Hall–Kier alpha value is -1.55. The zero-order valence-electron chi connectivity index (χ0n) is 11.6. The minimum atomic E-state index is -0.357. The highest BCUT2D eigenvalue weighted by Crippen LogP contribution is 2.18. The van der Waals surface area contributed by atoms with Gasteiger partial charge in [-0.2, -0.15) is 0 Å². The van der Waals surface area contributed by atoms with Gasteiger partial charge in [-0.25, -0.2) is 0 Å². The second kappa shape index (κ2) is 7.14. The van der Waals surface area contributed by atoms with Crippen LogP contribution in [0.1, 0.15) is 38.7 Å². The smallest absolute Gasteiger partial charge is 0.220 e. The highest BCUT2D eigenvalue weighted by molar-refractivity contribution is 5.77. The van der Waals surface area contributed by atoms with E-state index in [1.165, 1.54) is 0 Å². The standard InChI is InChI=1S/C15H23NO3/c1-3-15(2,10-11-17)16-14(19)9-8-12-6-4-5-7-13(12)18/h4-7,17-18H,3,8-11H2,1-2H3,(H,16,19). The number of aromatic hydroxyl groups is 1. The first-order valence-corrected chi connectivity index (χ1v) is 6.69. The number of hydrogen-bond donors (Lipinski definition) is 3. The minimum absolute atomic E-state index is 0.0546. The van der Waals surface area contributed by atoms with Crippen LogP contribution in [-0.4, -0.2) is 28.3 Å². The summed E-state index contributed by atoms with van der Waals surface area (Å²) in [5.41, 5.74) is 0.419. The first-order valence-electron chi connectivity index (χ1n) is 6.69. The molecule has 0 radical (unpaired) electrons. The van der Waals surface area contributed by atoms with Crippen LogP contribution < -0.4 is 5.32 Å². The number of carbonyl (C=O) groups excluding carboxylic acids is 1. The van der Waals surface area contributed by atoms with Crippen molar-refractivity contribution in [1.29, 1.82) is 0 Å². The van der Waals surface area contributed by atoms with Crippen molar-refractivity contribution in [3.8, 4) is 5.75 Å². The number of aryl methyl sites for hydroxylation is 1. The fourth-order valence-corrected chi connectivity index (χ4v) is 1.94. The van der Waals surface area contributed by atoms with Crippen molar-refractivity contribution in [2.24, 2.45) is 0 Å². The molecule has 1 unspecified atom stereocenters. The Bertz CT molecular complexity index is 420. The summed E-state index contributed by atoms with van der Waals surface area (Å²) in [5, 5.41) is 21.6. The third-order valence-corrected chi connectivity index (χ3v) is 3.50. The SMILES string of the molecule is CCC(C)(CCO)NC(=O)CCc1ccccc1O. The van der Waals surface area contributed by atoms with Crippen molar-refractivity contribution >= 4 is 5.91 Å². The van der Waals surface area contributed by atoms with Crippen molar-refractivity contribution in [1.82, 2.24) is 5.32 Å². The molecule has 0 bridgehead atoms. The molecule has 19 heavy (non-hydrogen) atoms. The molecule has 1 rings (SSSR count). The second-order valence-electron chi connectivity index (χ2n) is 5.06. The van der Waals surface area contributed by atoms with Gasteiger partial charge in [0.15, 0.2) is 0 Å². The number of rotatable bonds is 7. The molecular formula is C15H23NO3. The highest BCUT2D eigenvalue weighted by atomic mass is 16.3. The van der Waals surface area contributed by atoms with Gasteiger partial charge in [0.1, 0.15) is 5.75 Å². The van der Waals surface area contributed by atoms with Crippen LogP contribution >= 0.6 is 0 Å². The van der Waals surface area contributed by atoms with Crippen molar-refractivity contribution in [2.75, 3.05) is 6.61 Å². The average molecular weight is 265 g/mol. The van der Waals surface area contributed by atoms with Crippen LogP contribution in [0.25, 0.3) is 0 Å². The van der Waals surface area contributed by atoms with Gasteiger partial charge in [0.25, 0.3) is 0 Å². The van der Waals surface area contributed by atoms with Crippen molar-refractivity contribution in [3.63, 3.8) is 0 Å². The lowest BCUT2D eigenvalue weighted by Gasteiger charge is -2.29.